The van der Waals surface area contributed by atoms with E-state index in [1.54, 1.807) is 12.1 Å². The van der Waals surface area contributed by atoms with Crippen LogP contribution in [0.5, 0.6) is 0 Å². The van der Waals surface area contributed by atoms with Gasteiger partial charge in [-0.25, -0.2) is 4.79 Å². The highest BCUT2D eigenvalue weighted by molar-refractivity contribution is 5.89. The van der Waals surface area contributed by atoms with Crippen LogP contribution >= 0.6 is 0 Å². The van der Waals surface area contributed by atoms with Crippen LogP contribution in [0, 0.1) is 0 Å². The van der Waals surface area contributed by atoms with Crippen molar-refractivity contribution in [2.75, 3.05) is 13.7 Å². The predicted octanol–water partition coefficient (Wildman–Crippen LogP) is 0.603. The van der Waals surface area contributed by atoms with Crippen molar-refractivity contribution in [2.45, 2.75) is 25.6 Å². The lowest BCUT2D eigenvalue weighted by molar-refractivity contribution is -0.157. The molecule has 6 heteroatoms. The molecule has 0 amide bonds. The molecule has 6 nitrogen and oxygen atoms in total. The van der Waals surface area contributed by atoms with Crippen LogP contribution in [0.3, 0.4) is 0 Å². The van der Waals surface area contributed by atoms with E-state index in [1.807, 2.05) is 6.92 Å². The number of rotatable bonds is 7. The molecule has 2 N–H and O–H groups in total. The van der Waals surface area contributed by atoms with Crippen molar-refractivity contribution < 1.29 is 29.3 Å². The molecule has 1 aromatic carbocycles. The Bertz CT molecular complexity index is 471. The molecule has 0 aliphatic heterocycles. The molecule has 2 atom stereocenters. The Morgan fingerprint density at radius 3 is 2.65 bits per heavy atom. The predicted molar refractivity (Wildman–Crippen MR) is 70.1 cm³/mol. The lowest BCUT2D eigenvalue weighted by atomic mass is 9.91. The van der Waals surface area contributed by atoms with Crippen molar-refractivity contribution in [1.82, 2.24) is 0 Å². The molecule has 0 bridgehead atoms. The summed E-state index contributed by atoms with van der Waals surface area (Å²) in [5.74, 6) is -1.22. The standard InChI is InChI=1S/C14H18O6/c1-3-9-6-10(13(17)19-2)4-5-11(9)12(7-15)14(18)20-8-16/h4-6,8,12,14-15,18H,3,7H2,1-2H3. The van der Waals surface area contributed by atoms with E-state index in [-0.39, 0.29) is 13.1 Å². The van der Waals surface area contributed by atoms with Crippen LogP contribution < -0.4 is 0 Å². The van der Waals surface area contributed by atoms with Gasteiger partial charge in [-0.2, -0.15) is 0 Å². The van der Waals surface area contributed by atoms with E-state index in [2.05, 4.69) is 9.47 Å². The van der Waals surface area contributed by atoms with Crippen LogP contribution in [0.2, 0.25) is 0 Å². The number of aliphatic hydroxyl groups is 2. The first-order chi connectivity index (χ1) is 9.58. The van der Waals surface area contributed by atoms with Gasteiger partial charge in [0.1, 0.15) is 0 Å². The first kappa shape index (κ1) is 16.1. The second-order valence-electron chi connectivity index (χ2n) is 4.17. The second-order valence-corrected chi connectivity index (χ2v) is 4.17. The number of hydrogen-bond acceptors (Lipinski definition) is 6. The number of carbonyl (C=O) groups excluding carboxylic acids is 2. The monoisotopic (exact) mass is 282 g/mol. The molecule has 0 aliphatic rings. The largest absolute Gasteiger partial charge is 0.465 e. The van der Waals surface area contributed by atoms with E-state index < -0.39 is 18.2 Å². The van der Waals surface area contributed by atoms with Gasteiger partial charge in [-0.3, -0.25) is 4.79 Å². The Morgan fingerprint density at radius 2 is 2.15 bits per heavy atom. The summed E-state index contributed by atoms with van der Waals surface area (Å²) < 4.78 is 9.11. The number of aliphatic hydroxyl groups excluding tert-OH is 2. The highest BCUT2D eigenvalue weighted by atomic mass is 16.6. The van der Waals surface area contributed by atoms with Gasteiger partial charge in [-0.05, 0) is 29.7 Å². The molecule has 0 fully saturated rings. The summed E-state index contributed by atoms with van der Waals surface area (Å²) in [6.45, 7) is 1.61. The summed E-state index contributed by atoms with van der Waals surface area (Å²) in [5, 5.41) is 19.1. The van der Waals surface area contributed by atoms with E-state index in [0.29, 0.717) is 17.5 Å². The Labute approximate surface area is 116 Å². The van der Waals surface area contributed by atoms with Gasteiger partial charge in [-0.15, -0.1) is 0 Å². The number of benzene rings is 1. The molecule has 0 aromatic heterocycles. The molecule has 0 saturated heterocycles. The third-order valence-electron chi connectivity index (χ3n) is 3.08. The molecule has 110 valence electrons. The van der Waals surface area contributed by atoms with Gasteiger partial charge in [0.15, 0.2) is 0 Å². The van der Waals surface area contributed by atoms with Crippen molar-refractivity contribution in [1.29, 1.82) is 0 Å². The maximum Gasteiger partial charge on any atom is 0.337 e. The highest BCUT2D eigenvalue weighted by Gasteiger charge is 2.24. The first-order valence-electron chi connectivity index (χ1n) is 6.18. The minimum atomic E-state index is -1.44. The average molecular weight is 282 g/mol. The van der Waals surface area contributed by atoms with Crippen LogP contribution in [0.15, 0.2) is 18.2 Å². The van der Waals surface area contributed by atoms with Crippen molar-refractivity contribution in [3.05, 3.63) is 34.9 Å². The van der Waals surface area contributed by atoms with Crippen molar-refractivity contribution in [2.24, 2.45) is 0 Å². The number of esters is 1. The summed E-state index contributed by atoms with van der Waals surface area (Å²) >= 11 is 0. The number of aryl methyl sites for hydroxylation is 1. The third kappa shape index (κ3) is 3.55. The molecule has 0 heterocycles. The van der Waals surface area contributed by atoms with Crippen LogP contribution in [0.4, 0.5) is 0 Å². The summed E-state index contributed by atoms with van der Waals surface area (Å²) in [5.41, 5.74) is 1.77. The molecule has 0 saturated carbocycles. The fourth-order valence-corrected chi connectivity index (χ4v) is 2.01. The van der Waals surface area contributed by atoms with Gasteiger partial charge in [0, 0.05) is 0 Å². The molecular weight excluding hydrogens is 264 g/mol. The summed E-state index contributed by atoms with van der Waals surface area (Å²) in [6, 6.07) is 4.79. The second kappa shape index (κ2) is 7.62. The van der Waals surface area contributed by atoms with Gasteiger partial charge in [0.2, 0.25) is 6.29 Å². The Hall–Kier alpha value is -1.92. The van der Waals surface area contributed by atoms with Gasteiger partial charge in [-0.1, -0.05) is 13.0 Å². The van der Waals surface area contributed by atoms with E-state index in [1.165, 1.54) is 13.2 Å². The zero-order valence-corrected chi connectivity index (χ0v) is 11.4. The zero-order valence-electron chi connectivity index (χ0n) is 11.4. The van der Waals surface area contributed by atoms with Crippen molar-refractivity contribution in [3.63, 3.8) is 0 Å². The molecule has 2 unspecified atom stereocenters. The fraction of sp³-hybridized carbons (Fsp3) is 0.429. The minimum absolute atomic E-state index is 0.127. The maximum absolute atomic E-state index is 11.5. The SMILES string of the molecule is CCc1cc(C(=O)OC)ccc1C(CO)C(O)OC=O. The molecular formula is C14H18O6. The maximum atomic E-state index is 11.5. The topological polar surface area (TPSA) is 93.1 Å². The van der Waals surface area contributed by atoms with E-state index in [4.69, 9.17) is 0 Å². The van der Waals surface area contributed by atoms with Gasteiger partial charge >= 0.3 is 5.97 Å². The van der Waals surface area contributed by atoms with Gasteiger partial charge in [0.25, 0.3) is 6.47 Å². The lowest BCUT2D eigenvalue weighted by Gasteiger charge is -2.22. The highest BCUT2D eigenvalue weighted by Crippen LogP contribution is 2.25. The Balaban J connectivity index is 3.15. The molecule has 0 aliphatic carbocycles. The Morgan fingerprint density at radius 1 is 1.45 bits per heavy atom. The third-order valence-corrected chi connectivity index (χ3v) is 3.08. The van der Waals surface area contributed by atoms with Crippen molar-refractivity contribution in [3.8, 4) is 0 Å². The summed E-state index contributed by atoms with van der Waals surface area (Å²) in [6.07, 6.45) is -0.850. The number of carbonyl (C=O) groups is 2. The number of methoxy groups -OCH3 is 1. The lowest BCUT2D eigenvalue weighted by Crippen LogP contribution is -2.25. The van der Waals surface area contributed by atoms with E-state index in [0.717, 1.165) is 5.56 Å². The summed E-state index contributed by atoms with van der Waals surface area (Å²) in [7, 11) is 1.29. The van der Waals surface area contributed by atoms with Gasteiger partial charge in [0.05, 0.1) is 25.2 Å². The smallest absolute Gasteiger partial charge is 0.337 e. The molecule has 0 spiro atoms. The zero-order chi connectivity index (χ0) is 15.1. The quantitative estimate of drug-likeness (QED) is 0.432. The molecule has 20 heavy (non-hydrogen) atoms. The van der Waals surface area contributed by atoms with E-state index in [9.17, 15) is 19.8 Å². The van der Waals surface area contributed by atoms with Crippen LogP contribution in [0.1, 0.15) is 34.3 Å². The normalized spacial score (nSPS) is 13.4. The van der Waals surface area contributed by atoms with Gasteiger partial charge < -0.3 is 19.7 Å². The average Bonchev–Trinajstić information content (AvgIpc) is 2.47. The van der Waals surface area contributed by atoms with E-state index >= 15 is 0 Å². The molecule has 0 radical (unpaired) electrons. The Kier molecular flexibility index (Phi) is 6.14. The minimum Gasteiger partial charge on any atom is -0.465 e. The summed E-state index contributed by atoms with van der Waals surface area (Å²) in [4.78, 5) is 21.8. The fourth-order valence-electron chi connectivity index (χ4n) is 2.01. The first-order valence-corrected chi connectivity index (χ1v) is 6.18. The van der Waals surface area contributed by atoms with Crippen LogP contribution in [-0.4, -0.2) is 42.7 Å². The van der Waals surface area contributed by atoms with Crippen LogP contribution in [0.25, 0.3) is 0 Å². The van der Waals surface area contributed by atoms with Crippen LogP contribution in [-0.2, 0) is 20.7 Å². The molecule has 1 aromatic rings. The molecule has 1 rings (SSSR count). The number of ether oxygens (including phenoxy) is 2. The van der Waals surface area contributed by atoms with Crippen molar-refractivity contribution >= 4 is 12.4 Å². The number of hydrogen-bond donors (Lipinski definition) is 2.